The molecule has 122 valence electrons. The van der Waals surface area contributed by atoms with Crippen LogP contribution in [-0.2, 0) is 6.54 Å². The van der Waals surface area contributed by atoms with Crippen molar-refractivity contribution >= 4 is 21.8 Å². The van der Waals surface area contributed by atoms with E-state index in [9.17, 15) is 4.79 Å². The monoisotopic (exact) mass is 323 g/mol. The number of fused-ring (bicyclic) bond motifs is 3. The summed E-state index contributed by atoms with van der Waals surface area (Å²) in [7, 11) is 0. The predicted molar refractivity (Wildman–Crippen MR) is 91.6 cm³/mol. The number of nitrogens with one attached hydrogen (secondary N) is 2. The van der Waals surface area contributed by atoms with Crippen molar-refractivity contribution in [2.24, 2.45) is 5.73 Å². The van der Waals surface area contributed by atoms with Crippen molar-refractivity contribution in [1.29, 1.82) is 0 Å². The van der Waals surface area contributed by atoms with E-state index in [1.807, 2.05) is 25.1 Å². The minimum Gasteiger partial charge on any atom is -0.330 e. The fourth-order valence-electron chi connectivity index (χ4n) is 3.06. The van der Waals surface area contributed by atoms with Gasteiger partial charge in [0.05, 0.1) is 17.1 Å². The maximum atomic E-state index is 12.9. The van der Waals surface area contributed by atoms with Crippen LogP contribution in [-0.4, -0.2) is 36.7 Å². The number of aromatic amines is 2. The topological polar surface area (TPSA) is 118 Å². The van der Waals surface area contributed by atoms with E-state index in [0.29, 0.717) is 24.0 Å². The van der Waals surface area contributed by atoms with Crippen LogP contribution in [0.5, 0.6) is 0 Å². The first-order valence-corrected chi connectivity index (χ1v) is 7.78. The Morgan fingerprint density at radius 2 is 2.17 bits per heavy atom. The molecule has 4 rings (SSSR count). The van der Waals surface area contributed by atoms with Gasteiger partial charge in [-0.3, -0.25) is 9.89 Å². The van der Waals surface area contributed by atoms with Gasteiger partial charge in [-0.05, 0) is 32.0 Å². The van der Waals surface area contributed by atoms with Gasteiger partial charge < -0.3 is 10.3 Å². The maximum Gasteiger partial charge on any atom is 0.262 e. The zero-order valence-corrected chi connectivity index (χ0v) is 13.2. The molecule has 8 heteroatoms. The number of aromatic nitrogens is 6. The van der Waals surface area contributed by atoms with Gasteiger partial charge in [0.2, 0.25) is 0 Å². The van der Waals surface area contributed by atoms with Gasteiger partial charge in [0.15, 0.2) is 0 Å². The molecule has 3 aromatic heterocycles. The van der Waals surface area contributed by atoms with E-state index >= 15 is 0 Å². The Bertz CT molecular complexity index is 1080. The minimum atomic E-state index is -0.0358. The molecule has 0 unspecified atom stereocenters. The number of hydrogen-bond donors (Lipinski definition) is 3. The van der Waals surface area contributed by atoms with Gasteiger partial charge in [-0.2, -0.15) is 20.5 Å². The van der Waals surface area contributed by atoms with Gasteiger partial charge >= 0.3 is 0 Å². The highest BCUT2D eigenvalue weighted by Crippen LogP contribution is 2.27. The molecular weight excluding hydrogens is 306 g/mol. The summed E-state index contributed by atoms with van der Waals surface area (Å²) in [4.78, 5) is 12.9. The zero-order valence-electron chi connectivity index (χ0n) is 13.2. The Morgan fingerprint density at radius 1 is 1.29 bits per heavy atom. The Hall–Kier alpha value is -3.00. The second kappa shape index (κ2) is 5.57. The second-order valence-electron chi connectivity index (χ2n) is 5.76. The Balaban J connectivity index is 2.08. The molecule has 0 aliphatic heterocycles. The van der Waals surface area contributed by atoms with Crippen molar-refractivity contribution in [3.8, 4) is 11.3 Å². The minimum absolute atomic E-state index is 0.0358. The zero-order chi connectivity index (χ0) is 16.7. The molecule has 0 spiro atoms. The summed E-state index contributed by atoms with van der Waals surface area (Å²) in [6.45, 7) is 2.97. The molecule has 0 bridgehead atoms. The van der Waals surface area contributed by atoms with Gasteiger partial charge in [0.25, 0.3) is 5.56 Å². The van der Waals surface area contributed by atoms with Gasteiger partial charge in [0, 0.05) is 23.2 Å². The average molecular weight is 323 g/mol. The quantitative estimate of drug-likeness (QED) is 0.523. The van der Waals surface area contributed by atoms with Crippen LogP contribution >= 0.6 is 0 Å². The highest BCUT2D eigenvalue weighted by molar-refractivity contribution is 6.05. The third-order valence-corrected chi connectivity index (χ3v) is 4.25. The number of H-pyrrole nitrogens is 2. The number of nitrogens with two attached hydrogens (primary N) is 1. The Labute approximate surface area is 136 Å². The van der Waals surface area contributed by atoms with Gasteiger partial charge in [-0.15, -0.1) is 0 Å². The number of aryl methyl sites for hydroxylation is 2. The van der Waals surface area contributed by atoms with Gasteiger partial charge in [0.1, 0.15) is 11.2 Å². The van der Waals surface area contributed by atoms with Crippen molar-refractivity contribution in [2.45, 2.75) is 19.9 Å². The summed E-state index contributed by atoms with van der Waals surface area (Å²) >= 11 is 0. The van der Waals surface area contributed by atoms with Crippen LogP contribution in [0.4, 0.5) is 0 Å². The molecular formula is C16H17N7O. The largest absolute Gasteiger partial charge is 0.330 e. The molecule has 24 heavy (non-hydrogen) atoms. The summed E-state index contributed by atoms with van der Waals surface area (Å²) in [5, 5.41) is 19.4. The summed E-state index contributed by atoms with van der Waals surface area (Å²) in [6.07, 6.45) is 2.40. The summed E-state index contributed by atoms with van der Waals surface area (Å²) in [5.41, 5.74) is 9.56. The highest BCUT2D eigenvalue weighted by Gasteiger charge is 2.16. The molecule has 0 aliphatic rings. The predicted octanol–water partition coefficient (Wildman–Crippen LogP) is 1.32. The van der Waals surface area contributed by atoms with Crippen LogP contribution in [0.2, 0.25) is 0 Å². The first kappa shape index (κ1) is 14.6. The van der Waals surface area contributed by atoms with E-state index in [4.69, 9.17) is 5.73 Å². The lowest BCUT2D eigenvalue weighted by Gasteiger charge is -2.11. The molecule has 0 amide bonds. The third kappa shape index (κ3) is 2.11. The molecule has 0 saturated carbocycles. The van der Waals surface area contributed by atoms with Crippen molar-refractivity contribution < 1.29 is 0 Å². The molecule has 0 fully saturated rings. The summed E-state index contributed by atoms with van der Waals surface area (Å²) in [5.74, 6) is 0. The van der Waals surface area contributed by atoms with Crippen molar-refractivity contribution in [3.63, 3.8) is 0 Å². The molecule has 0 saturated heterocycles. The van der Waals surface area contributed by atoms with Crippen LogP contribution in [0.15, 0.2) is 29.2 Å². The Morgan fingerprint density at radius 3 is 2.92 bits per heavy atom. The highest BCUT2D eigenvalue weighted by atomic mass is 16.1. The fraction of sp³-hybridized carbons (Fsp3) is 0.250. The van der Waals surface area contributed by atoms with E-state index < -0.39 is 0 Å². The smallest absolute Gasteiger partial charge is 0.262 e. The number of pyridine rings is 1. The van der Waals surface area contributed by atoms with E-state index in [2.05, 4.69) is 25.6 Å². The first-order chi connectivity index (χ1) is 11.7. The van der Waals surface area contributed by atoms with Crippen LogP contribution in [0.25, 0.3) is 33.1 Å². The van der Waals surface area contributed by atoms with Crippen molar-refractivity contribution in [3.05, 3.63) is 40.4 Å². The lowest BCUT2D eigenvalue weighted by atomic mass is 10.1. The van der Waals surface area contributed by atoms with Crippen LogP contribution in [0.3, 0.4) is 0 Å². The molecule has 0 radical (unpaired) electrons. The standard InChI is InChI=1S/C16H17N7O/c1-9-14-15(21-19-9)11-7-10(12-8-18-22-20-12)3-4-13(11)23(16(14)24)6-2-5-17/h3-4,7-8H,2,5-6,17H2,1H3,(H,19,21)(H,18,20,22). The first-order valence-electron chi connectivity index (χ1n) is 7.78. The number of nitrogens with zero attached hydrogens (tertiary/aromatic N) is 4. The maximum absolute atomic E-state index is 12.9. The molecule has 0 atom stereocenters. The fourth-order valence-corrected chi connectivity index (χ4v) is 3.06. The van der Waals surface area contributed by atoms with E-state index in [1.165, 1.54) is 0 Å². The number of benzene rings is 1. The summed E-state index contributed by atoms with van der Waals surface area (Å²) < 4.78 is 1.78. The second-order valence-corrected chi connectivity index (χ2v) is 5.76. The van der Waals surface area contributed by atoms with Gasteiger partial charge in [-0.25, -0.2) is 0 Å². The molecule has 8 nitrogen and oxygen atoms in total. The Kier molecular flexibility index (Phi) is 3.39. The average Bonchev–Trinajstić information content (AvgIpc) is 3.24. The SMILES string of the molecule is Cc1[nH]nc2c1c(=O)n(CCCN)c1ccc(-c3cn[nH]n3)cc21. The third-order valence-electron chi connectivity index (χ3n) is 4.25. The molecule has 4 aromatic rings. The van der Waals surface area contributed by atoms with Crippen molar-refractivity contribution in [1.82, 2.24) is 30.2 Å². The number of rotatable bonds is 4. The molecule has 1 aromatic carbocycles. The van der Waals surface area contributed by atoms with E-state index in [1.54, 1.807) is 10.8 Å². The van der Waals surface area contributed by atoms with Gasteiger partial charge in [-0.1, -0.05) is 6.07 Å². The summed E-state index contributed by atoms with van der Waals surface area (Å²) in [6, 6.07) is 5.86. The molecule has 3 heterocycles. The van der Waals surface area contributed by atoms with E-state index in [-0.39, 0.29) is 5.56 Å². The normalized spacial score (nSPS) is 11.6. The van der Waals surface area contributed by atoms with E-state index in [0.717, 1.165) is 34.3 Å². The molecule has 0 aliphatic carbocycles. The number of hydrogen-bond acceptors (Lipinski definition) is 5. The molecule has 4 N–H and O–H groups in total. The lowest BCUT2D eigenvalue weighted by molar-refractivity contribution is 0.654. The van der Waals surface area contributed by atoms with Crippen LogP contribution in [0, 0.1) is 6.92 Å². The van der Waals surface area contributed by atoms with Crippen LogP contribution in [0.1, 0.15) is 12.1 Å². The van der Waals surface area contributed by atoms with Crippen LogP contribution < -0.4 is 11.3 Å². The van der Waals surface area contributed by atoms with Crippen molar-refractivity contribution in [2.75, 3.05) is 6.54 Å². The lowest BCUT2D eigenvalue weighted by Crippen LogP contribution is -2.22.